The van der Waals surface area contributed by atoms with Crippen LogP contribution in [-0.2, 0) is 0 Å². The summed E-state index contributed by atoms with van der Waals surface area (Å²) in [5, 5.41) is 10.5. The summed E-state index contributed by atoms with van der Waals surface area (Å²) in [5.41, 5.74) is 1.32. The van der Waals surface area contributed by atoms with Gasteiger partial charge in [0.15, 0.2) is 0 Å². The van der Waals surface area contributed by atoms with Crippen molar-refractivity contribution < 1.29 is 4.79 Å². The summed E-state index contributed by atoms with van der Waals surface area (Å²) in [4.78, 5) is 15.9. The van der Waals surface area contributed by atoms with Gasteiger partial charge in [0.25, 0.3) is 5.91 Å². The van der Waals surface area contributed by atoms with Crippen molar-refractivity contribution >= 4 is 11.6 Å². The van der Waals surface area contributed by atoms with Gasteiger partial charge in [-0.1, -0.05) is 0 Å². The SMILES string of the molecule is O=C(Nc1cnn(C2CCNCC2)c1)c1ccncc1. The number of nitrogens with zero attached hydrogens (tertiary/aromatic N) is 3. The maximum Gasteiger partial charge on any atom is 0.255 e. The first-order valence-electron chi connectivity index (χ1n) is 6.79. The summed E-state index contributed by atoms with van der Waals surface area (Å²) in [5.74, 6) is -0.141. The molecule has 1 saturated heterocycles. The molecule has 0 radical (unpaired) electrons. The number of nitrogens with one attached hydrogen (secondary N) is 2. The van der Waals surface area contributed by atoms with E-state index in [4.69, 9.17) is 0 Å². The van der Waals surface area contributed by atoms with E-state index in [0.29, 0.717) is 11.6 Å². The normalized spacial score (nSPS) is 16.0. The van der Waals surface area contributed by atoms with Gasteiger partial charge in [-0.05, 0) is 38.1 Å². The van der Waals surface area contributed by atoms with Crippen LogP contribution in [0.25, 0.3) is 0 Å². The molecular weight excluding hydrogens is 254 g/mol. The average Bonchev–Trinajstić information content (AvgIpc) is 2.97. The monoisotopic (exact) mass is 271 g/mol. The molecule has 6 heteroatoms. The lowest BCUT2D eigenvalue weighted by atomic mass is 10.1. The fraction of sp³-hybridized carbons (Fsp3) is 0.357. The van der Waals surface area contributed by atoms with Gasteiger partial charge in [0, 0.05) is 24.2 Å². The maximum absolute atomic E-state index is 12.0. The highest BCUT2D eigenvalue weighted by Gasteiger charge is 2.16. The number of pyridine rings is 1. The minimum Gasteiger partial charge on any atom is -0.319 e. The van der Waals surface area contributed by atoms with E-state index in [1.807, 2.05) is 10.9 Å². The van der Waals surface area contributed by atoms with Gasteiger partial charge in [0.1, 0.15) is 0 Å². The molecule has 0 atom stereocenters. The number of rotatable bonds is 3. The third-order valence-electron chi connectivity index (χ3n) is 3.48. The number of carbonyl (C=O) groups excluding carboxylic acids is 1. The second kappa shape index (κ2) is 5.83. The van der Waals surface area contributed by atoms with Crippen LogP contribution in [0.3, 0.4) is 0 Å². The topological polar surface area (TPSA) is 71.8 Å². The Balaban J connectivity index is 1.66. The average molecular weight is 271 g/mol. The number of anilines is 1. The van der Waals surface area contributed by atoms with E-state index < -0.39 is 0 Å². The van der Waals surface area contributed by atoms with Crippen molar-refractivity contribution in [3.63, 3.8) is 0 Å². The Bertz CT molecular complexity index is 574. The van der Waals surface area contributed by atoms with Crippen LogP contribution in [0.1, 0.15) is 29.2 Å². The number of aromatic nitrogens is 3. The van der Waals surface area contributed by atoms with Crippen molar-refractivity contribution in [2.75, 3.05) is 18.4 Å². The molecule has 2 N–H and O–H groups in total. The van der Waals surface area contributed by atoms with Crippen LogP contribution >= 0.6 is 0 Å². The lowest BCUT2D eigenvalue weighted by Crippen LogP contribution is -2.29. The Morgan fingerprint density at radius 3 is 2.80 bits per heavy atom. The zero-order chi connectivity index (χ0) is 13.8. The Morgan fingerprint density at radius 1 is 1.30 bits per heavy atom. The molecule has 0 aliphatic carbocycles. The van der Waals surface area contributed by atoms with Gasteiger partial charge in [0.05, 0.1) is 17.9 Å². The van der Waals surface area contributed by atoms with Crippen LogP contribution < -0.4 is 10.6 Å². The predicted molar refractivity (Wildman–Crippen MR) is 75.6 cm³/mol. The maximum atomic E-state index is 12.0. The fourth-order valence-electron chi connectivity index (χ4n) is 2.38. The zero-order valence-corrected chi connectivity index (χ0v) is 11.1. The number of piperidine rings is 1. The quantitative estimate of drug-likeness (QED) is 0.886. The van der Waals surface area contributed by atoms with Gasteiger partial charge in [-0.25, -0.2) is 0 Å². The Kier molecular flexibility index (Phi) is 3.73. The molecule has 1 aliphatic rings. The number of hydrogen-bond donors (Lipinski definition) is 2. The molecule has 2 aromatic heterocycles. The van der Waals surface area contributed by atoms with Gasteiger partial charge in [-0.15, -0.1) is 0 Å². The van der Waals surface area contributed by atoms with Crippen LogP contribution in [0, 0.1) is 0 Å². The van der Waals surface area contributed by atoms with Gasteiger partial charge in [-0.3, -0.25) is 14.5 Å². The summed E-state index contributed by atoms with van der Waals surface area (Å²) >= 11 is 0. The van der Waals surface area contributed by atoms with Crippen LogP contribution in [0.15, 0.2) is 36.9 Å². The van der Waals surface area contributed by atoms with Gasteiger partial charge in [-0.2, -0.15) is 5.10 Å². The highest BCUT2D eigenvalue weighted by atomic mass is 16.1. The molecule has 3 rings (SSSR count). The highest BCUT2D eigenvalue weighted by molar-refractivity contribution is 6.03. The molecule has 0 aromatic carbocycles. The third kappa shape index (κ3) is 2.85. The molecule has 3 heterocycles. The molecule has 0 bridgehead atoms. The molecule has 1 amide bonds. The molecule has 0 saturated carbocycles. The molecule has 0 unspecified atom stereocenters. The molecule has 0 spiro atoms. The summed E-state index contributed by atoms with van der Waals surface area (Å²) in [7, 11) is 0. The Morgan fingerprint density at radius 2 is 2.05 bits per heavy atom. The molecule has 6 nitrogen and oxygen atoms in total. The summed E-state index contributed by atoms with van der Waals surface area (Å²) in [6, 6.07) is 3.79. The molecule has 20 heavy (non-hydrogen) atoms. The van der Waals surface area contributed by atoms with E-state index in [1.165, 1.54) is 0 Å². The number of amides is 1. The van der Waals surface area contributed by atoms with Crippen molar-refractivity contribution in [1.82, 2.24) is 20.1 Å². The predicted octanol–water partition coefficient (Wildman–Crippen LogP) is 1.45. The van der Waals surface area contributed by atoms with Crippen molar-refractivity contribution in [3.8, 4) is 0 Å². The van der Waals surface area contributed by atoms with Crippen LogP contribution in [0.2, 0.25) is 0 Å². The van der Waals surface area contributed by atoms with E-state index in [9.17, 15) is 4.79 Å². The fourth-order valence-corrected chi connectivity index (χ4v) is 2.38. The van der Waals surface area contributed by atoms with Gasteiger partial charge in [0.2, 0.25) is 0 Å². The van der Waals surface area contributed by atoms with E-state index in [1.54, 1.807) is 30.7 Å². The summed E-state index contributed by atoms with van der Waals surface area (Å²) in [6.07, 6.45) is 8.94. The summed E-state index contributed by atoms with van der Waals surface area (Å²) < 4.78 is 1.95. The van der Waals surface area contributed by atoms with Crippen LogP contribution in [0.4, 0.5) is 5.69 Å². The smallest absolute Gasteiger partial charge is 0.255 e. The zero-order valence-electron chi connectivity index (χ0n) is 11.1. The van der Waals surface area contributed by atoms with E-state index in [0.717, 1.165) is 31.6 Å². The number of carbonyl (C=O) groups is 1. The van der Waals surface area contributed by atoms with Crippen LogP contribution in [-0.4, -0.2) is 33.8 Å². The second-order valence-corrected chi connectivity index (χ2v) is 4.88. The van der Waals surface area contributed by atoms with Crippen molar-refractivity contribution in [1.29, 1.82) is 0 Å². The van der Waals surface area contributed by atoms with Crippen molar-refractivity contribution in [2.45, 2.75) is 18.9 Å². The first-order chi connectivity index (χ1) is 9.83. The largest absolute Gasteiger partial charge is 0.319 e. The van der Waals surface area contributed by atoms with Crippen molar-refractivity contribution in [3.05, 3.63) is 42.5 Å². The van der Waals surface area contributed by atoms with Crippen molar-refractivity contribution in [2.24, 2.45) is 0 Å². The lowest BCUT2D eigenvalue weighted by Gasteiger charge is -2.22. The Labute approximate surface area is 117 Å². The molecule has 1 fully saturated rings. The minimum atomic E-state index is -0.141. The molecule has 1 aliphatic heterocycles. The third-order valence-corrected chi connectivity index (χ3v) is 3.48. The molecule has 104 valence electrons. The highest BCUT2D eigenvalue weighted by Crippen LogP contribution is 2.19. The van der Waals surface area contributed by atoms with Gasteiger partial charge >= 0.3 is 0 Å². The Hall–Kier alpha value is -2.21. The molecule has 2 aromatic rings. The first kappa shape index (κ1) is 12.8. The van der Waals surface area contributed by atoms with Gasteiger partial charge < -0.3 is 10.6 Å². The first-order valence-corrected chi connectivity index (χ1v) is 6.79. The number of hydrogen-bond acceptors (Lipinski definition) is 4. The van der Waals surface area contributed by atoms with E-state index in [-0.39, 0.29) is 5.91 Å². The lowest BCUT2D eigenvalue weighted by molar-refractivity contribution is 0.102. The van der Waals surface area contributed by atoms with E-state index >= 15 is 0 Å². The van der Waals surface area contributed by atoms with Crippen LogP contribution in [0.5, 0.6) is 0 Å². The standard InChI is InChI=1S/C14H17N5O/c20-14(11-1-5-15-6-2-11)18-12-9-17-19(10-12)13-3-7-16-8-4-13/h1-2,5-6,9-10,13,16H,3-4,7-8H2,(H,18,20). The minimum absolute atomic E-state index is 0.141. The second-order valence-electron chi connectivity index (χ2n) is 4.88. The van der Waals surface area contributed by atoms with E-state index in [2.05, 4.69) is 20.7 Å². The summed E-state index contributed by atoms with van der Waals surface area (Å²) in [6.45, 7) is 2.03. The molecular formula is C14H17N5O.